The van der Waals surface area contributed by atoms with Crippen LogP contribution in [0.4, 0.5) is 11.4 Å². The van der Waals surface area contributed by atoms with Crippen molar-refractivity contribution in [2.45, 2.75) is 45.1 Å². The van der Waals surface area contributed by atoms with Crippen molar-refractivity contribution >= 4 is 22.4 Å². The lowest BCUT2D eigenvalue weighted by molar-refractivity contribution is -0.383. The van der Waals surface area contributed by atoms with Crippen LogP contribution in [0.5, 0.6) is 0 Å². The number of aromatic nitrogens is 2. The van der Waals surface area contributed by atoms with Crippen LogP contribution in [-0.4, -0.2) is 21.3 Å². The highest BCUT2D eigenvalue weighted by molar-refractivity contribution is 5.93. The van der Waals surface area contributed by atoms with Gasteiger partial charge in [-0.2, -0.15) is 0 Å². The normalized spacial score (nSPS) is 22.9. The lowest BCUT2D eigenvalue weighted by atomic mass is 10.0. The number of benzene rings is 1. The van der Waals surface area contributed by atoms with E-state index in [0.29, 0.717) is 11.6 Å². The third-order valence-electron chi connectivity index (χ3n) is 4.21. The average molecular weight is 290 g/mol. The number of rotatable bonds is 3. The Kier molecular flexibility index (Phi) is 3.72. The second-order valence-corrected chi connectivity index (χ2v) is 5.81. The predicted octanol–water partition coefficient (Wildman–Crippen LogP) is 3.51. The van der Waals surface area contributed by atoms with Gasteiger partial charge in [0.1, 0.15) is 0 Å². The van der Waals surface area contributed by atoms with Gasteiger partial charge >= 0.3 is 5.69 Å². The summed E-state index contributed by atoms with van der Waals surface area (Å²) in [6.45, 7) is 2.29. The monoisotopic (exact) mass is 290 g/mol. The molecule has 0 saturated heterocycles. The van der Waals surface area contributed by atoms with E-state index in [1.807, 2.05) is 0 Å². The van der Waals surface area contributed by atoms with Crippen molar-refractivity contribution in [1.29, 1.82) is 0 Å². The number of nitrogens with one attached hydrogen (secondary N) is 1. The fourth-order valence-corrected chi connectivity index (χ4v) is 2.97. The number of non-ortho nitro benzene ring substituents is 1. The molecule has 1 heterocycles. The van der Waals surface area contributed by atoms with Gasteiger partial charge in [0.15, 0.2) is 5.52 Å². The molecule has 1 fully saturated rings. The Labute approximate surface area is 121 Å². The summed E-state index contributed by atoms with van der Waals surface area (Å²) in [6.07, 6.45) is 5.87. The van der Waals surface area contributed by atoms with Crippen LogP contribution in [0.3, 0.4) is 0 Å². The van der Waals surface area contributed by atoms with E-state index in [1.54, 1.807) is 6.07 Å². The first-order valence-corrected chi connectivity index (χ1v) is 7.31. The molecule has 1 N–H and O–H groups in total. The second-order valence-electron chi connectivity index (χ2n) is 5.81. The fraction of sp³-hybridized carbons (Fsp3) is 0.571. The van der Waals surface area contributed by atoms with E-state index in [4.69, 9.17) is 0 Å². The van der Waals surface area contributed by atoms with Gasteiger partial charge in [-0.05, 0) is 41.6 Å². The molecule has 1 aliphatic carbocycles. The molecular formula is C14H18N4O3. The Morgan fingerprint density at radius 1 is 1.24 bits per heavy atom. The predicted molar refractivity (Wildman–Crippen MR) is 78.1 cm³/mol. The summed E-state index contributed by atoms with van der Waals surface area (Å²) < 4.78 is 4.68. The van der Waals surface area contributed by atoms with Gasteiger partial charge in [0.2, 0.25) is 5.52 Å². The minimum atomic E-state index is -0.469. The van der Waals surface area contributed by atoms with Crippen LogP contribution in [0.15, 0.2) is 16.8 Å². The molecule has 2 aromatic rings. The Bertz CT molecular complexity index is 655. The Morgan fingerprint density at radius 2 is 2.05 bits per heavy atom. The summed E-state index contributed by atoms with van der Waals surface area (Å²) in [5.41, 5.74) is 1.32. The van der Waals surface area contributed by atoms with Crippen molar-refractivity contribution in [2.24, 2.45) is 5.92 Å². The van der Waals surface area contributed by atoms with Crippen molar-refractivity contribution in [3.05, 3.63) is 22.2 Å². The molecule has 0 spiro atoms. The third-order valence-corrected chi connectivity index (χ3v) is 4.21. The molecule has 0 aliphatic heterocycles. The first kappa shape index (κ1) is 13.8. The Hall–Kier alpha value is -2.18. The van der Waals surface area contributed by atoms with Crippen LogP contribution in [0.25, 0.3) is 11.0 Å². The number of nitro benzene ring substituents is 1. The van der Waals surface area contributed by atoms with E-state index in [-0.39, 0.29) is 11.2 Å². The van der Waals surface area contributed by atoms with Crippen LogP contribution in [0.1, 0.15) is 39.0 Å². The van der Waals surface area contributed by atoms with E-state index in [9.17, 15) is 10.1 Å². The molecule has 0 amide bonds. The number of anilines is 1. The van der Waals surface area contributed by atoms with Gasteiger partial charge in [0.05, 0.1) is 10.6 Å². The highest BCUT2D eigenvalue weighted by atomic mass is 16.6. The molecule has 21 heavy (non-hydrogen) atoms. The number of hydrogen-bond donors (Lipinski definition) is 1. The molecule has 1 aromatic heterocycles. The van der Waals surface area contributed by atoms with Crippen LogP contribution < -0.4 is 5.32 Å². The number of nitrogens with zero attached hydrogens (tertiary/aromatic N) is 3. The number of hydrogen-bond acceptors (Lipinski definition) is 6. The quantitative estimate of drug-likeness (QED) is 0.528. The maximum atomic E-state index is 11.0. The van der Waals surface area contributed by atoms with Gasteiger partial charge in [0.25, 0.3) is 0 Å². The zero-order chi connectivity index (χ0) is 14.8. The molecule has 1 aliphatic rings. The van der Waals surface area contributed by atoms with Gasteiger partial charge in [-0.1, -0.05) is 19.8 Å². The first-order chi connectivity index (χ1) is 10.1. The van der Waals surface area contributed by atoms with Crippen LogP contribution in [0.2, 0.25) is 0 Å². The summed E-state index contributed by atoms with van der Waals surface area (Å²) in [5.74, 6) is 0.766. The summed E-state index contributed by atoms with van der Waals surface area (Å²) in [5, 5.41) is 21.9. The highest BCUT2D eigenvalue weighted by Gasteiger charge is 2.22. The first-order valence-electron chi connectivity index (χ1n) is 7.31. The molecule has 2 atom stereocenters. The minimum absolute atomic E-state index is 0.0775. The van der Waals surface area contributed by atoms with Gasteiger partial charge in [0, 0.05) is 12.1 Å². The lowest BCUT2D eigenvalue weighted by Crippen LogP contribution is -2.18. The van der Waals surface area contributed by atoms with Crippen molar-refractivity contribution in [3.8, 4) is 0 Å². The van der Waals surface area contributed by atoms with E-state index >= 15 is 0 Å². The van der Waals surface area contributed by atoms with Crippen molar-refractivity contribution < 1.29 is 9.55 Å². The van der Waals surface area contributed by atoms with Gasteiger partial charge in [-0.3, -0.25) is 10.1 Å². The maximum Gasteiger partial charge on any atom is 0.300 e. The number of nitro groups is 1. The van der Waals surface area contributed by atoms with E-state index in [1.165, 1.54) is 25.3 Å². The molecule has 1 aromatic carbocycles. The standard InChI is InChI=1S/C14H18N4O3/c1-9-3-2-4-10(6-5-9)15-11-7-8-12(18(19)20)14-13(11)16-21-17-14/h7-10,15H,2-6H2,1H3. The molecule has 7 nitrogen and oxygen atoms in total. The molecule has 1 saturated carbocycles. The average Bonchev–Trinajstić information content (AvgIpc) is 2.85. The fourth-order valence-electron chi connectivity index (χ4n) is 2.97. The Morgan fingerprint density at radius 3 is 2.86 bits per heavy atom. The highest BCUT2D eigenvalue weighted by Crippen LogP contribution is 2.31. The molecule has 0 bridgehead atoms. The van der Waals surface area contributed by atoms with E-state index in [0.717, 1.165) is 24.4 Å². The largest absolute Gasteiger partial charge is 0.380 e. The molecule has 2 unspecified atom stereocenters. The van der Waals surface area contributed by atoms with Crippen LogP contribution in [-0.2, 0) is 0 Å². The second kappa shape index (κ2) is 5.67. The molecule has 112 valence electrons. The SMILES string of the molecule is CC1CCCC(Nc2ccc([N+](=O)[O-])c3nonc23)CC1. The summed E-state index contributed by atoms with van der Waals surface area (Å²) in [7, 11) is 0. The van der Waals surface area contributed by atoms with Crippen LogP contribution in [0, 0.1) is 16.0 Å². The number of fused-ring (bicyclic) bond motifs is 1. The third kappa shape index (κ3) is 2.81. The van der Waals surface area contributed by atoms with Gasteiger partial charge in [-0.25, -0.2) is 4.63 Å². The van der Waals surface area contributed by atoms with E-state index < -0.39 is 4.92 Å². The summed E-state index contributed by atoms with van der Waals surface area (Å²) in [4.78, 5) is 10.5. The molecule has 0 radical (unpaired) electrons. The van der Waals surface area contributed by atoms with Crippen molar-refractivity contribution in [1.82, 2.24) is 10.3 Å². The van der Waals surface area contributed by atoms with Crippen LogP contribution >= 0.6 is 0 Å². The topological polar surface area (TPSA) is 94.1 Å². The molecule has 3 rings (SSSR count). The van der Waals surface area contributed by atoms with Gasteiger partial charge < -0.3 is 5.32 Å². The van der Waals surface area contributed by atoms with E-state index in [2.05, 4.69) is 27.2 Å². The molecule has 7 heteroatoms. The lowest BCUT2D eigenvalue weighted by Gasteiger charge is -2.17. The van der Waals surface area contributed by atoms with Crippen molar-refractivity contribution in [3.63, 3.8) is 0 Å². The maximum absolute atomic E-state index is 11.0. The summed E-state index contributed by atoms with van der Waals surface area (Å²) >= 11 is 0. The smallest absolute Gasteiger partial charge is 0.300 e. The zero-order valence-electron chi connectivity index (χ0n) is 11.9. The minimum Gasteiger partial charge on any atom is -0.380 e. The molecular weight excluding hydrogens is 272 g/mol. The Balaban J connectivity index is 1.86. The van der Waals surface area contributed by atoms with Gasteiger partial charge in [-0.15, -0.1) is 0 Å². The van der Waals surface area contributed by atoms with Crippen molar-refractivity contribution in [2.75, 3.05) is 5.32 Å². The summed E-state index contributed by atoms with van der Waals surface area (Å²) in [6, 6.07) is 3.52. The zero-order valence-corrected chi connectivity index (χ0v) is 11.9.